The van der Waals surface area contributed by atoms with E-state index in [4.69, 9.17) is 4.74 Å². The van der Waals surface area contributed by atoms with Gasteiger partial charge in [0.25, 0.3) is 0 Å². The van der Waals surface area contributed by atoms with E-state index in [2.05, 4.69) is 6.92 Å². The van der Waals surface area contributed by atoms with Crippen molar-refractivity contribution in [2.45, 2.75) is 76.2 Å². The van der Waals surface area contributed by atoms with Crippen LogP contribution in [0, 0.1) is 23.5 Å². The Balaban J connectivity index is 1.24. The first-order chi connectivity index (χ1) is 20.1. The molecule has 2 aliphatic rings. The van der Waals surface area contributed by atoms with E-state index in [0.29, 0.717) is 42.7 Å². The molecule has 0 amide bonds. The van der Waals surface area contributed by atoms with E-state index in [9.17, 15) is 17.6 Å². The van der Waals surface area contributed by atoms with Gasteiger partial charge in [-0.2, -0.15) is 8.78 Å². The highest BCUT2D eigenvalue weighted by Crippen LogP contribution is 2.42. The molecule has 0 saturated heterocycles. The third-order valence-corrected chi connectivity index (χ3v) is 9.06. The fraction of sp³-hybridized carbons (Fsp3) is 0.429. The molecule has 42 heavy (non-hydrogen) atoms. The highest BCUT2D eigenvalue weighted by Gasteiger charge is 2.38. The van der Waals surface area contributed by atoms with Crippen molar-refractivity contribution < 1.29 is 31.1 Å². The van der Waals surface area contributed by atoms with Gasteiger partial charge in [-0.25, -0.2) is 17.6 Å². The van der Waals surface area contributed by atoms with Crippen LogP contribution in [0.15, 0.2) is 72.6 Å². The number of hydrogen-bond acceptors (Lipinski definition) is 1. The van der Waals surface area contributed by atoms with Crippen LogP contribution in [0.4, 0.5) is 26.3 Å². The van der Waals surface area contributed by atoms with Gasteiger partial charge in [-0.15, -0.1) is 0 Å². The molecule has 2 fully saturated rings. The van der Waals surface area contributed by atoms with Gasteiger partial charge in [-0.05, 0) is 103 Å². The number of alkyl halides is 3. The lowest BCUT2D eigenvalue weighted by Gasteiger charge is -2.28. The van der Waals surface area contributed by atoms with Gasteiger partial charge < -0.3 is 4.74 Å². The second-order valence-electron chi connectivity index (χ2n) is 11.9. The molecule has 0 radical (unpaired) electrons. The van der Waals surface area contributed by atoms with Crippen molar-refractivity contribution in [3.63, 3.8) is 0 Å². The Morgan fingerprint density at radius 2 is 1.43 bits per heavy atom. The number of halogens is 6. The van der Waals surface area contributed by atoms with Crippen LogP contribution in [0.25, 0.3) is 11.1 Å². The minimum Gasteiger partial charge on any atom is -0.429 e. The van der Waals surface area contributed by atoms with E-state index in [1.54, 1.807) is 0 Å². The zero-order valence-electron chi connectivity index (χ0n) is 23.7. The molecule has 0 unspecified atom stereocenters. The van der Waals surface area contributed by atoms with E-state index in [1.807, 2.05) is 24.3 Å². The molecule has 0 bridgehead atoms. The zero-order valence-corrected chi connectivity index (χ0v) is 23.7. The van der Waals surface area contributed by atoms with Gasteiger partial charge in [0, 0.05) is 12.0 Å². The van der Waals surface area contributed by atoms with Crippen molar-refractivity contribution in [2.24, 2.45) is 11.8 Å². The Bertz CT molecular complexity index is 1380. The maximum Gasteiger partial charge on any atom is 0.429 e. The maximum absolute atomic E-state index is 15.0. The van der Waals surface area contributed by atoms with Gasteiger partial charge >= 0.3 is 6.11 Å². The molecule has 2 saturated carbocycles. The average molecular weight is 587 g/mol. The summed E-state index contributed by atoms with van der Waals surface area (Å²) in [6.45, 7) is 1.41. The smallest absolute Gasteiger partial charge is 0.429 e. The highest BCUT2D eigenvalue weighted by molar-refractivity contribution is 5.64. The lowest BCUT2D eigenvalue weighted by molar-refractivity contribution is -0.187. The van der Waals surface area contributed by atoms with Gasteiger partial charge in [-0.1, -0.05) is 56.2 Å². The fourth-order valence-corrected chi connectivity index (χ4v) is 6.50. The quantitative estimate of drug-likeness (QED) is 0.239. The van der Waals surface area contributed by atoms with Crippen molar-refractivity contribution in [1.29, 1.82) is 0 Å². The van der Waals surface area contributed by atoms with Crippen LogP contribution in [-0.2, 0) is 6.11 Å². The molecule has 3 aromatic carbocycles. The molecule has 0 heterocycles. The molecule has 0 atom stereocenters. The van der Waals surface area contributed by atoms with E-state index in [1.165, 1.54) is 36.6 Å². The third kappa shape index (κ3) is 6.87. The van der Waals surface area contributed by atoms with E-state index in [-0.39, 0.29) is 11.8 Å². The van der Waals surface area contributed by atoms with Gasteiger partial charge in [0.05, 0.1) is 5.56 Å². The van der Waals surface area contributed by atoms with Crippen molar-refractivity contribution in [1.82, 2.24) is 0 Å². The van der Waals surface area contributed by atoms with Crippen LogP contribution in [-0.4, -0.2) is 6.67 Å². The summed E-state index contributed by atoms with van der Waals surface area (Å²) < 4.78 is 91.1. The van der Waals surface area contributed by atoms with Crippen LogP contribution in [0.1, 0.15) is 86.8 Å². The third-order valence-electron chi connectivity index (χ3n) is 9.06. The molecule has 0 aliphatic heterocycles. The van der Waals surface area contributed by atoms with Gasteiger partial charge in [0.1, 0.15) is 29.9 Å². The van der Waals surface area contributed by atoms with Crippen LogP contribution < -0.4 is 4.74 Å². The van der Waals surface area contributed by atoms with Gasteiger partial charge in [0.2, 0.25) is 0 Å². The monoisotopic (exact) mass is 586 g/mol. The van der Waals surface area contributed by atoms with Crippen LogP contribution >= 0.6 is 0 Å². The molecular formula is C35H36F6O. The standard InChI is InChI=1S/C35H36F6O/c1-22-2-4-23(5-3-22)24-6-8-25(9-7-24)28-14-17-31(34(39)20-28)35(40,41)42-29-15-16-30(33(38)21-29)26-10-12-27(13-11-26)32(37)18-19-36/h6-9,14-18,20-23,26-27H,2-5,10-13,19H2,1H3/b32-18-. The predicted molar refractivity (Wildman–Crippen MR) is 153 cm³/mol. The molecule has 5 rings (SSSR count). The molecule has 224 valence electrons. The summed E-state index contributed by atoms with van der Waals surface area (Å²) in [4.78, 5) is 0. The Hall–Kier alpha value is -3.22. The maximum atomic E-state index is 15.0. The summed E-state index contributed by atoms with van der Waals surface area (Å²) >= 11 is 0. The summed E-state index contributed by atoms with van der Waals surface area (Å²) in [5, 5.41) is 0. The van der Waals surface area contributed by atoms with Crippen LogP contribution in [0.2, 0.25) is 0 Å². The molecule has 7 heteroatoms. The number of benzene rings is 3. The Kier molecular flexibility index (Phi) is 9.34. The van der Waals surface area contributed by atoms with Crippen molar-refractivity contribution >= 4 is 0 Å². The van der Waals surface area contributed by atoms with Gasteiger partial charge in [0.15, 0.2) is 0 Å². The fourth-order valence-electron chi connectivity index (χ4n) is 6.50. The van der Waals surface area contributed by atoms with E-state index < -0.39 is 41.6 Å². The first kappa shape index (κ1) is 30.2. The predicted octanol–water partition coefficient (Wildman–Crippen LogP) is 11.2. The highest BCUT2D eigenvalue weighted by atomic mass is 19.3. The molecule has 0 aromatic heterocycles. The first-order valence-corrected chi connectivity index (χ1v) is 14.8. The summed E-state index contributed by atoms with van der Waals surface area (Å²) in [7, 11) is 0. The molecule has 0 N–H and O–H groups in total. The first-order valence-electron chi connectivity index (χ1n) is 14.8. The minimum absolute atomic E-state index is 0.209. The van der Waals surface area contributed by atoms with Crippen molar-refractivity contribution in [2.75, 3.05) is 6.67 Å². The summed E-state index contributed by atoms with van der Waals surface area (Å²) in [5.74, 6) is -2.07. The Labute approximate surface area is 243 Å². The molecule has 0 spiro atoms. The second-order valence-corrected chi connectivity index (χ2v) is 11.9. The normalized spacial score (nSPS) is 23.5. The summed E-state index contributed by atoms with van der Waals surface area (Å²) in [6, 6.07) is 14.8. The van der Waals surface area contributed by atoms with Crippen LogP contribution in [0.5, 0.6) is 5.75 Å². The largest absolute Gasteiger partial charge is 0.429 e. The summed E-state index contributed by atoms with van der Waals surface area (Å²) in [5.41, 5.74) is 1.84. The van der Waals surface area contributed by atoms with E-state index in [0.717, 1.165) is 48.6 Å². The number of allylic oxidation sites excluding steroid dienone is 2. The average Bonchev–Trinajstić information content (AvgIpc) is 2.97. The zero-order chi connectivity index (χ0) is 29.9. The second kappa shape index (κ2) is 13.0. The molecule has 1 nitrogen and oxygen atoms in total. The SMILES string of the molecule is CC1CCC(c2ccc(-c3ccc(C(F)(F)Oc4ccc(C5CCC(/C(F)=C/CF)CC5)c(F)c4)c(F)c3)cc2)CC1. The summed E-state index contributed by atoms with van der Waals surface area (Å²) in [6.07, 6.45) is 3.47. The number of hydrogen-bond donors (Lipinski definition) is 0. The molecule has 3 aromatic rings. The molecule has 2 aliphatic carbocycles. The number of rotatable bonds is 8. The Morgan fingerprint density at radius 3 is 2.05 bits per heavy atom. The van der Waals surface area contributed by atoms with Crippen molar-refractivity contribution in [3.05, 3.63) is 101 Å². The molecular weight excluding hydrogens is 550 g/mol. The van der Waals surface area contributed by atoms with Gasteiger partial charge in [-0.3, -0.25) is 0 Å². The Morgan fingerprint density at radius 1 is 0.786 bits per heavy atom. The van der Waals surface area contributed by atoms with E-state index >= 15 is 8.78 Å². The number of ether oxygens (including phenoxy) is 1. The van der Waals surface area contributed by atoms with Crippen molar-refractivity contribution in [3.8, 4) is 16.9 Å². The lowest BCUT2D eigenvalue weighted by atomic mass is 9.78. The minimum atomic E-state index is -4.03. The lowest BCUT2D eigenvalue weighted by Crippen LogP contribution is -2.23. The van der Waals surface area contributed by atoms with Crippen LogP contribution in [0.3, 0.4) is 0 Å². The topological polar surface area (TPSA) is 9.23 Å².